The van der Waals surface area contributed by atoms with Crippen LogP contribution in [-0.2, 0) is 0 Å². The highest BCUT2D eigenvalue weighted by molar-refractivity contribution is 5.83. The van der Waals surface area contributed by atoms with E-state index in [4.69, 9.17) is 4.52 Å². The van der Waals surface area contributed by atoms with Crippen molar-refractivity contribution in [3.63, 3.8) is 0 Å². The van der Waals surface area contributed by atoms with E-state index in [9.17, 15) is 0 Å². The van der Waals surface area contributed by atoms with Gasteiger partial charge in [0, 0.05) is 41.7 Å². The third-order valence-corrected chi connectivity index (χ3v) is 4.87. The van der Waals surface area contributed by atoms with Gasteiger partial charge in [0.25, 0.3) is 0 Å². The molecule has 0 saturated heterocycles. The third-order valence-electron chi connectivity index (χ3n) is 4.87. The number of aromatic nitrogens is 1. The van der Waals surface area contributed by atoms with Gasteiger partial charge in [0.15, 0.2) is 5.76 Å². The van der Waals surface area contributed by atoms with Gasteiger partial charge in [-0.2, -0.15) is 0 Å². The van der Waals surface area contributed by atoms with E-state index in [0.717, 1.165) is 60.1 Å². The van der Waals surface area contributed by atoms with Crippen molar-refractivity contribution in [1.82, 2.24) is 5.16 Å². The molecule has 0 aliphatic carbocycles. The lowest BCUT2D eigenvalue weighted by Gasteiger charge is -2.13. The summed E-state index contributed by atoms with van der Waals surface area (Å²) in [5.41, 5.74) is 5.17. The molecular weight excluding hydrogens is 338 g/mol. The molecule has 2 aliphatic rings. The molecule has 2 aliphatic heterocycles. The van der Waals surface area contributed by atoms with Crippen LogP contribution >= 0.6 is 0 Å². The van der Waals surface area contributed by atoms with Gasteiger partial charge in [0.2, 0.25) is 0 Å². The number of aliphatic imine (C=N–C) groups is 2. The Morgan fingerprint density at radius 1 is 0.704 bits per heavy atom. The fourth-order valence-corrected chi connectivity index (χ4v) is 3.34. The van der Waals surface area contributed by atoms with Crippen molar-refractivity contribution in [1.29, 1.82) is 0 Å². The van der Waals surface area contributed by atoms with Gasteiger partial charge >= 0.3 is 0 Å². The topological polar surface area (TPSA) is 57.2 Å². The number of anilines is 2. The molecule has 0 unspecified atom stereocenters. The number of nitrogens with zero attached hydrogens (tertiary/aromatic N) is 5. The minimum Gasteiger partial charge on any atom is -0.356 e. The molecule has 134 valence electrons. The summed E-state index contributed by atoms with van der Waals surface area (Å²) in [6, 6.07) is 18.6. The van der Waals surface area contributed by atoms with Gasteiger partial charge in [-0.25, -0.2) is 0 Å². The van der Waals surface area contributed by atoms with E-state index in [1.165, 1.54) is 0 Å². The Bertz CT molecular complexity index is 908. The number of rotatable bonds is 4. The lowest BCUT2D eigenvalue weighted by molar-refractivity contribution is 0.435. The van der Waals surface area contributed by atoms with Gasteiger partial charge in [0.05, 0.1) is 25.8 Å². The SMILES string of the molecule is C1=NCCN1c1ccc(-c2cc(-c3ccc(N4C=NCC4)cc3)on2)cc1. The number of hydrogen-bond acceptors (Lipinski definition) is 6. The number of hydrogen-bond donors (Lipinski definition) is 0. The molecule has 6 heteroatoms. The first kappa shape index (κ1) is 15.8. The first-order chi connectivity index (χ1) is 13.4. The summed E-state index contributed by atoms with van der Waals surface area (Å²) in [6.07, 6.45) is 3.78. The van der Waals surface area contributed by atoms with E-state index in [-0.39, 0.29) is 0 Å². The Labute approximate surface area is 157 Å². The van der Waals surface area contributed by atoms with Crippen molar-refractivity contribution in [3.05, 3.63) is 54.6 Å². The molecule has 5 rings (SSSR count). The molecule has 0 saturated carbocycles. The van der Waals surface area contributed by atoms with Crippen molar-refractivity contribution in [2.75, 3.05) is 36.0 Å². The van der Waals surface area contributed by atoms with Gasteiger partial charge < -0.3 is 14.3 Å². The van der Waals surface area contributed by atoms with E-state index in [1.54, 1.807) is 0 Å². The van der Waals surface area contributed by atoms with E-state index < -0.39 is 0 Å². The standard InChI is InChI=1S/C21H19N5O/c1-5-18(25-11-9-22-14-25)6-2-16(1)20-13-21(27-24-20)17-3-7-19(8-4-17)26-12-10-23-15-26/h1-8,13-15H,9-12H2. The highest BCUT2D eigenvalue weighted by Crippen LogP contribution is 2.29. The van der Waals surface area contributed by atoms with E-state index in [1.807, 2.05) is 18.7 Å². The summed E-state index contributed by atoms with van der Waals surface area (Å²) >= 11 is 0. The van der Waals surface area contributed by atoms with E-state index in [0.29, 0.717) is 0 Å². The quantitative estimate of drug-likeness (QED) is 0.714. The van der Waals surface area contributed by atoms with Gasteiger partial charge in [0.1, 0.15) is 5.69 Å². The molecule has 3 aromatic rings. The fraction of sp³-hybridized carbons (Fsp3) is 0.190. The number of benzene rings is 2. The van der Waals surface area contributed by atoms with Gasteiger partial charge in [-0.05, 0) is 36.4 Å². The zero-order valence-electron chi connectivity index (χ0n) is 14.8. The summed E-state index contributed by atoms with van der Waals surface area (Å²) < 4.78 is 5.58. The van der Waals surface area contributed by atoms with Crippen LogP contribution in [0.4, 0.5) is 11.4 Å². The maximum Gasteiger partial charge on any atom is 0.167 e. The molecule has 0 bridgehead atoms. The van der Waals surface area contributed by atoms with Crippen LogP contribution in [-0.4, -0.2) is 44.0 Å². The Balaban J connectivity index is 1.34. The second-order valence-electron chi connectivity index (χ2n) is 6.60. The van der Waals surface area contributed by atoms with Crippen molar-refractivity contribution < 1.29 is 4.52 Å². The van der Waals surface area contributed by atoms with Crippen LogP contribution in [0.2, 0.25) is 0 Å². The van der Waals surface area contributed by atoms with Gasteiger partial charge in [-0.15, -0.1) is 0 Å². The fourth-order valence-electron chi connectivity index (χ4n) is 3.34. The molecule has 27 heavy (non-hydrogen) atoms. The Morgan fingerprint density at radius 2 is 1.26 bits per heavy atom. The highest BCUT2D eigenvalue weighted by atomic mass is 16.5. The summed E-state index contributed by atoms with van der Waals surface area (Å²) in [4.78, 5) is 12.8. The van der Waals surface area contributed by atoms with Crippen molar-refractivity contribution in [3.8, 4) is 22.6 Å². The molecule has 0 radical (unpaired) electrons. The zero-order valence-corrected chi connectivity index (χ0v) is 14.8. The Kier molecular flexibility index (Phi) is 3.93. The van der Waals surface area contributed by atoms with E-state index >= 15 is 0 Å². The lowest BCUT2D eigenvalue weighted by Crippen LogP contribution is -2.17. The highest BCUT2D eigenvalue weighted by Gasteiger charge is 2.12. The maximum absolute atomic E-state index is 5.58. The van der Waals surface area contributed by atoms with Crippen LogP contribution in [0, 0.1) is 0 Å². The predicted molar refractivity (Wildman–Crippen MR) is 109 cm³/mol. The monoisotopic (exact) mass is 357 g/mol. The van der Waals surface area contributed by atoms with Crippen LogP contribution in [0.3, 0.4) is 0 Å². The molecule has 0 fully saturated rings. The van der Waals surface area contributed by atoms with E-state index in [2.05, 4.69) is 73.5 Å². The summed E-state index contributed by atoms with van der Waals surface area (Å²) in [5.74, 6) is 0.766. The minimum absolute atomic E-state index is 0.766. The zero-order chi connectivity index (χ0) is 18.1. The summed E-state index contributed by atoms with van der Waals surface area (Å²) in [7, 11) is 0. The molecule has 6 nitrogen and oxygen atoms in total. The predicted octanol–water partition coefficient (Wildman–Crippen LogP) is 3.71. The summed E-state index contributed by atoms with van der Waals surface area (Å²) in [6.45, 7) is 3.59. The van der Waals surface area contributed by atoms with Crippen LogP contribution in [0.1, 0.15) is 0 Å². The van der Waals surface area contributed by atoms with Crippen LogP contribution in [0.15, 0.2) is 69.1 Å². The smallest absolute Gasteiger partial charge is 0.167 e. The second kappa shape index (κ2) is 6.72. The first-order valence-electron chi connectivity index (χ1n) is 9.08. The maximum atomic E-state index is 5.58. The van der Waals surface area contributed by atoms with Gasteiger partial charge in [-0.1, -0.05) is 17.3 Å². The third kappa shape index (κ3) is 3.10. The molecule has 0 atom stereocenters. The molecule has 0 spiro atoms. The second-order valence-corrected chi connectivity index (χ2v) is 6.60. The molecule has 2 aromatic carbocycles. The Morgan fingerprint density at radius 3 is 1.78 bits per heavy atom. The van der Waals surface area contributed by atoms with Crippen LogP contribution in [0.25, 0.3) is 22.6 Å². The average molecular weight is 357 g/mol. The molecule has 0 amide bonds. The van der Waals surface area contributed by atoms with Crippen molar-refractivity contribution in [2.24, 2.45) is 9.98 Å². The molecule has 0 N–H and O–H groups in total. The van der Waals surface area contributed by atoms with Gasteiger partial charge in [-0.3, -0.25) is 9.98 Å². The minimum atomic E-state index is 0.766. The first-order valence-corrected chi connectivity index (χ1v) is 9.08. The largest absolute Gasteiger partial charge is 0.356 e. The molecule has 3 heterocycles. The molecule has 1 aromatic heterocycles. The van der Waals surface area contributed by atoms with Crippen molar-refractivity contribution in [2.45, 2.75) is 0 Å². The lowest BCUT2D eigenvalue weighted by atomic mass is 10.1. The normalized spacial score (nSPS) is 15.9. The van der Waals surface area contributed by atoms with Crippen LogP contribution in [0.5, 0.6) is 0 Å². The Hall–Kier alpha value is -3.41. The molecular formula is C21H19N5O. The van der Waals surface area contributed by atoms with Crippen LogP contribution < -0.4 is 9.80 Å². The summed E-state index contributed by atoms with van der Waals surface area (Å²) in [5, 5.41) is 4.24. The average Bonchev–Trinajstić information content (AvgIpc) is 3.51. The van der Waals surface area contributed by atoms with Crippen molar-refractivity contribution >= 4 is 24.1 Å².